The highest BCUT2D eigenvalue weighted by atomic mass is 35.5. The van der Waals surface area contributed by atoms with E-state index in [4.69, 9.17) is 11.6 Å². The molecule has 0 spiro atoms. The maximum Gasteiger partial charge on any atom is 0.317 e. The van der Waals surface area contributed by atoms with Gasteiger partial charge in [-0.1, -0.05) is 29.8 Å². The van der Waals surface area contributed by atoms with Gasteiger partial charge in [0, 0.05) is 56.0 Å². The van der Waals surface area contributed by atoms with E-state index in [1.54, 1.807) is 0 Å². The van der Waals surface area contributed by atoms with Gasteiger partial charge in [0.15, 0.2) is 0 Å². The number of amides is 3. The lowest BCUT2D eigenvalue weighted by Gasteiger charge is -2.36. The molecule has 1 fully saturated rings. The molecule has 0 bridgehead atoms. The fourth-order valence-electron chi connectivity index (χ4n) is 3.05. The Kier molecular flexibility index (Phi) is 6.19. The lowest BCUT2D eigenvalue weighted by molar-refractivity contribution is -0.114. The lowest BCUT2D eigenvalue weighted by atomic mass is 10.2. The Morgan fingerprint density at radius 1 is 1.00 bits per heavy atom. The molecular weight excluding hydrogens is 364 g/mol. The van der Waals surface area contributed by atoms with E-state index in [1.165, 1.54) is 6.92 Å². The SMILES string of the molecule is CC(=O)Nc1ccc(N2CCN(C(=O)NCc3ccccc3Cl)CC2)cc1. The summed E-state index contributed by atoms with van der Waals surface area (Å²) in [4.78, 5) is 27.5. The molecule has 27 heavy (non-hydrogen) atoms. The van der Waals surface area contributed by atoms with Gasteiger partial charge in [0.1, 0.15) is 0 Å². The van der Waals surface area contributed by atoms with Crippen molar-refractivity contribution in [3.63, 3.8) is 0 Å². The molecule has 2 N–H and O–H groups in total. The van der Waals surface area contributed by atoms with Crippen LogP contribution in [-0.2, 0) is 11.3 Å². The van der Waals surface area contributed by atoms with Gasteiger partial charge in [-0.05, 0) is 35.9 Å². The average molecular weight is 387 g/mol. The summed E-state index contributed by atoms with van der Waals surface area (Å²) in [5, 5.41) is 6.35. The second-order valence-electron chi connectivity index (χ2n) is 6.45. The Hall–Kier alpha value is -2.73. The molecule has 0 radical (unpaired) electrons. The van der Waals surface area contributed by atoms with E-state index in [1.807, 2.05) is 53.4 Å². The summed E-state index contributed by atoms with van der Waals surface area (Å²) >= 11 is 6.12. The molecule has 0 aliphatic carbocycles. The summed E-state index contributed by atoms with van der Waals surface area (Å²) in [5.74, 6) is -0.0841. The van der Waals surface area contributed by atoms with Crippen molar-refractivity contribution in [3.8, 4) is 0 Å². The van der Waals surface area contributed by atoms with Gasteiger partial charge in [0.05, 0.1) is 0 Å². The van der Waals surface area contributed by atoms with Crippen LogP contribution in [0.5, 0.6) is 0 Å². The molecule has 2 aromatic rings. The highest BCUT2D eigenvalue weighted by Crippen LogP contribution is 2.20. The van der Waals surface area contributed by atoms with Crippen LogP contribution in [-0.4, -0.2) is 43.0 Å². The van der Waals surface area contributed by atoms with Crippen molar-refractivity contribution >= 4 is 34.9 Å². The molecule has 0 atom stereocenters. The van der Waals surface area contributed by atoms with Crippen molar-refractivity contribution in [1.82, 2.24) is 10.2 Å². The van der Waals surface area contributed by atoms with E-state index in [0.717, 1.165) is 30.0 Å². The number of carbonyl (C=O) groups excluding carboxylic acids is 2. The molecular formula is C20H23ClN4O2. The highest BCUT2D eigenvalue weighted by Gasteiger charge is 2.21. The predicted octanol–water partition coefficient (Wildman–Crippen LogP) is 3.33. The maximum absolute atomic E-state index is 12.4. The van der Waals surface area contributed by atoms with Crippen LogP contribution in [0.15, 0.2) is 48.5 Å². The summed E-state index contributed by atoms with van der Waals surface area (Å²) in [7, 11) is 0. The minimum atomic E-state index is -0.0841. The first-order valence-electron chi connectivity index (χ1n) is 8.92. The number of nitrogens with one attached hydrogen (secondary N) is 2. The second-order valence-corrected chi connectivity index (χ2v) is 6.86. The Bertz CT molecular complexity index is 802. The number of carbonyl (C=O) groups is 2. The van der Waals surface area contributed by atoms with Crippen LogP contribution in [0.25, 0.3) is 0 Å². The number of piperazine rings is 1. The molecule has 1 heterocycles. The van der Waals surface area contributed by atoms with E-state index in [2.05, 4.69) is 15.5 Å². The summed E-state index contributed by atoms with van der Waals surface area (Å²) in [6.07, 6.45) is 0. The van der Waals surface area contributed by atoms with Crippen LogP contribution in [0.4, 0.5) is 16.2 Å². The molecule has 1 aliphatic rings. The van der Waals surface area contributed by atoms with E-state index >= 15 is 0 Å². The zero-order chi connectivity index (χ0) is 19.2. The third-order valence-electron chi connectivity index (χ3n) is 4.51. The van der Waals surface area contributed by atoms with Gasteiger partial charge in [0.25, 0.3) is 0 Å². The molecule has 6 nitrogen and oxygen atoms in total. The summed E-state index contributed by atoms with van der Waals surface area (Å²) in [6.45, 7) is 4.74. The largest absolute Gasteiger partial charge is 0.368 e. The minimum absolute atomic E-state index is 0.0735. The zero-order valence-corrected chi connectivity index (χ0v) is 16.0. The third-order valence-corrected chi connectivity index (χ3v) is 4.88. The van der Waals surface area contributed by atoms with Gasteiger partial charge < -0.3 is 20.4 Å². The van der Waals surface area contributed by atoms with Crippen LogP contribution in [0.2, 0.25) is 5.02 Å². The number of anilines is 2. The molecule has 3 amide bonds. The molecule has 2 aromatic carbocycles. The molecule has 1 aliphatic heterocycles. The number of nitrogens with zero attached hydrogens (tertiary/aromatic N) is 2. The maximum atomic E-state index is 12.4. The second kappa shape index (κ2) is 8.77. The van der Waals surface area contributed by atoms with Crippen LogP contribution in [0.1, 0.15) is 12.5 Å². The van der Waals surface area contributed by atoms with Gasteiger partial charge in [0.2, 0.25) is 5.91 Å². The fourth-order valence-corrected chi connectivity index (χ4v) is 3.25. The average Bonchev–Trinajstić information content (AvgIpc) is 2.67. The number of hydrogen-bond acceptors (Lipinski definition) is 3. The van der Waals surface area contributed by atoms with Crippen molar-refractivity contribution in [2.24, 2.45) is 0 Å². The molecule has 7 heteroatoms. The topological polar surface area (TPSA) is 64.7 Å². The number of rotatable bonds is 4. The number of benzene rings is 2. The van der Waals surface area contributed by atoms with Crippen molar-refractivity contribution in [2.75, 3.05) is 36.4 Å². The Morgan fingerprint density at radius 3 is 2.30 bits per heavy atom. The van der Waals surface area contributed by atoms with E-state index in [0.29, 0.717) is 24.7 Å². The highest BCUT2D eigenvalue weighted by molar-refractivity contribution is 6.31. The van der Waals surface area contributed by atoms with Crippen LogP contribution >= 0.6 is 11.6 Å². The minimum Gasteiger partial charge on any atom is -0.368 e. The monoisotopic (exact) mass is 386 g/mol. The van der Waals surface area contributed by atoms with E-state index in [-0.39, 0.29) is 11.9 Å². The van der Waals surface area contributed by atoms with Crippen molar-refractivity contribution in [3.05, 3.63) is 59.1 Å². The van der Waals surface area contributed by atoms with Crippen molar-refractivity contribution < 1.29 is 9.59 Å². The number of hydrogen-bond donors (Lipinski definition) is 2. The zero-order valence-electron chi connectivity index (χ0n) is 15.2. The Labute approximate surface area is 164 Å². The quantitative estimate of drug-likeness (QED) is 0.847. The number of urea groups is 1. The van der Waals surface area contributed by atoms with Gasteiger partial charge in [-0.15, -0.1) is 0 Å². The van der Waals surface area contributed by atoms with Gasteiger partial charge in [-0.2, -0.15) is 0 Å². The van der Waals surface area contributed by atoms with Crippen LogP contribution in [0.3, 0.4) is 0 Å². The molecule has 142 valence electrons. The first-order chi connectivity index (χ1) is 13.0. The van der Waals surface area contributed by atoms with Crippen LogP contribution < -0.4 is 15.5 Å². The Balaban J connectivity index is 1.48. The normalized spacial score (nSPS) is 14.0. The summed E-state index contributed by atoms with van der Waals surface area (Å²) < 4.78 is 0. The molecule has 1 saturated heterocycles. The first-order valence-corrected chi connectivity index (χ1v) is 9.29. The molecule has 0 saturated carbocycles. The fraction of sp³-hybridized carbons (Fsp3) is 0.300. The van der Waals surface area contributed by atoms with Gasteiger partial charge in [-0.25, -0.2) is 4.79 Å². The molecule has 3 rings (SSSR count). The summed E-state index contributed by atoms with van der Waals surface area (Å²) in [5.41, 5.74) is 2.77. The summed E-state index contributed by atoms with van der Waals surface area (Å²) in [6, 6.07) is 15.2. The van der Waals surface area contributed by atoms with Crippen molar-refractivity contribution in [1.29, 1.82) is 0 Å². The van der Waals surface area contributed by atoms with Crippen LogP contribution in [0, 0.1) is 0 Å². The van der Waals surface area contributed by atoms with Crippen molar-refractivity contribution in [2.45, 2.75) is 13.5 Å². The number of halogens is 1. The predicted molar refractivity (Wildman–Crippen MR) is 108 cm³/mol. The van der Waals surface area contributed by atoms with E-state index in [9.17, 15) is 9.59 Å². The Morgan fingerprint density at radius 2 is 1.67 bits per heavy atom. The molecule has 0 unspecified atom stereocenters. The lowest BCUT2D eigenvalue weighted by Crippen LogP contribution is -2.51. The van der Waals surface area contributed by atoms with Gasteiger partial charge >= 0.3 is 6.03 Å². The molecule has 0 aromatic heterocycles. The first kappa shape index (κ1) is 19.0. The smallest absolute Gasteiger partial charge is 0.317 e. The third kappa shape index (κ3) is 5.14. The van der Waals surface area contributed by atoms with E-state index < -0.39 is 0 Å². The van der Waals surface area contributed by atoms with Gasteiger partial charge in [-0.3, -0.25) is 4.79 Å². The standard InChI is InChI=1S/C20H23ClN4O2/c1-15(26)23-17-6-8-18(9-7-17)24-10-12-25(13-11-24)20(27)22-14-16-4-2-3-5-19(16)21/h2-9H,10-14H2,1H3,(H,22,27)(H,23,26).